The quantitative estimate of drug-likeness (QED) is 0.262. The van der Waals surface area contributed by atoms with Crippen molar-refractivity contribution in [2.45, 2.75) is 77.1 Å². The van der Waals surface area contributed by atoms with E-state index in [0.29, 0.717) is 17.7 Å². The number of nitrogens with one attached hydrogen (secondary N) is 1. The second-order valence-corrected chi connectivity index (χ2v) is 10.9. The number of benzene rings is 1. The van der Waals surface area contributed by atoms with E-state index in [9.17, 15) is 18.4 Å². The van der Waals surface area contributed by atoms with E-state index in [-0.39, 0.29) is 42.1 Å². The highest BCUT2D eigenvalue weighted by Gasteiger charge is 2.48. The first-order valence-electron chi connectivity index (χ1n) is 13.8. The summed E-state index contributed by atoms with van der Waals surface area (Å²) in [5.41, 5.74) is 3.46. The van der Waals surface area contributed by atoms with E-state index in [1.165, 1.54) is 17.8 Å². The van der Waals surface area contributed by atoms with Crippen LogP contribution in [0.3, 0.4) is 0 Å². The third-order valence-electron chi connectivity index (χ3n) is 8.01. The number of hydrogen-bond acceptors (Lipinski definition) is 4. The van der Waals surface area contributed by atoms with Crippen molar-refractivity contribution in [2.75, 3.05) is 5.32 Å². The molecule has 2 heterocycles. The third kappa shape index (κ3) is 6.70. The molecule has 8 heteroatoms. The summed E-state index contributed by atoms with van der Waals surface area (Å²) in [6.07, 6.45) is 7.99. The highest BCUT2D eigenvalue weighted by atomic mass is 19.3. The molecule has 4 rings (SSSR count). The van der Waals surface area contributed by atoms with Gasteiger partial charge in [0.1, 0.15) is 11.5 Å². The SMILES string of the molecule is CCCC(CCC(CC)CC(=O)C1CC(F)(F)C1)c1cn(C)c2ccc(NC(=O)c3cc(C#N)ccn3)cc12. The molecule has 0 aliphatic heterocycles. The van der Waals surface area contributed by atoms with Gasteiger partial charge in [-0.25, -0.2) is 8.78 Å². The molecule has 1 aromatic carbocycles. The number of carbonyl (C=O) groups is 2. The Labute approximate surface area is 228 Å². The van der Waals surface area contributed by atoms with E-state index in [2.05, 4.69) is 34.9 Å². The molecule has 0 spiro atoms. The maximum absolute atomic E-state index is 13.2. The molecule has 2 aromatic heterocycles. The molecule has 6 nitrogen and oxygen atoms in total. The summed E-state index contributed by atoms with van der Waals surface area (Å²) in [4.78, 5) is 29.5. The molecule has 0 saturated heterocycles. The van der Waals surface area contributed by atoms with Crippen LogP contribution in [0.5, 0.6) is 0 Å². The van der Waals surface area contributed by atoms with Crippen molar-refractivity contribution in [3.63, 3.8) is 0 Å². The highest BCUT2D eigenvalue weighted by Crippen LogP contribution is 2.44. The molecule has 206 valence electrons. The van der Waals surface area contributed by atoms with Crippen molar-refractivity contribution >= 4 is 28.3 Å². The Balaban J connectivity index is 1.49. The molecule has 0 radical (unpaired) electrons. The summed E-state index contributed by atoms with van der Waals surface area (Å²) in [6.45, 7) is 4.22. The van der Waals surface area contributed by atoms with Crippen LogP contribution in [0.4, 0.5) is 14.5 Å². The number of carbonyl (C=O) groups excluding carboxylic acids is 2. The van der Waals surface area contributed by atoms with Crippen LogP contribution in [0.25, 0.3) is 10.9 Å². The zero-order valence-electron chi connectivity index (χ0n) is 22.8. The third-order valence-corrected chi connectivity index (χ3v) is 8.01. The second kappa shape index (κ2) is 12.1. The van der Waals surface area contributed by atoms with Crippen LogP contribution in [0, 0.1) is 23.2 Å². The number of aromatic nitrogens is 2. The summed E-state index contributed by atoms with van der Waals surface area (Å²) in [5.74, 6) is -3.08. The predicted octanol–water partition coefficient (Wildman–Crippen LogP) is 7.39. The number of nitriles is 1. The minimum Gasteiger partial charge on any atom is -0.350 e. The van der Waals surface area contributed by atoms with E-state index in [0.717, 1.165) is 43.0 Å². The lowest BCUT2D eigenvalue weighted by atomic mass is 9.75. The molecule has 1 aliphatic rings. The molecule has 1 saturated carbocycles. The van der Waals surface area contributed by atoms with E-state index in [4.69, 9.17) is 5.26 Å². The number of ketones is 1. The van der Waals surface area contributed by atoms with E-state index < -0.39 is 11.8 Å². The van der Waals surface area contributed by atoms with Crippen LogP contribution in [0.15, 0.2) is 42.7 Å². The number of anilines is 1. The lowest BCUT2D eigenvalue weighted by Crippen LogP contribution is -2.40. The Morgan fingerprint density at radius 1 is 1.18 bits per heavy atom. The van der Waals surface area contributed by atoms with Crippen LogP contribution >= 0.6 is 0 Å². The number of Topliss-reactive ketones (excluding diaryl/α,β-unsaturated/α-hetero) is 1. The molecule has 39 heavy (non-hydrogen) atoms. The molecule has 1 fully saturated rings. The average Bonchev–Trinajstić information content (AvgIpc) is 3.23. The minimum absolute atomic E-state index is 0.0137. The fraction of sp³-hybridized carbons (Fsp3) is 0.484. The number of rotatable bonds is 12. The zero-order valence-corrected chi connectivity index (χ0v) is 22.8. The van der Waals surface area contributed by atoms with E-state index in [1.54, 1.807) is 6.07 Å². The Bertz CT molecular complexity index is 1380. The van der Waals surface area contributed by atoms with Crippen molar-refractivity contribution in [3.8, 4) is 6.07 Å². The first kappa shape index (κ1) is 28.4. The van der Waals surface area contributed by atoms with Crippen molar-refractivity contribution in [1.29, 1.82) is 5.26 Å². The zero-order chi connectivity index (χ0) is 28.2. The van der Waals surface area contributed by atoms with Gasteiger partial charge < -0.3 is 9.88 Å². The number of hydrogen-bond donors (Lipinski definition) is 1. The van der Waals surface area contributed by atoms with Gasteiger partial charge in [-0.05, 0) is 67.0 Å². The van der Waals surface area contributed by atoms with Gasteiger partial charge in [-0.15, -0.1) is 0 Å². The Kier molecular flexibility index (Phi) is 8.79. The Hall–Kier alpha value is -3.60. The summed E-state index contributed by atoms with van der Waals surface area (Å²) < 4.78 is 28.6. The summed E-state index contributed by atoms with van der Waals surface area (Å²) in [5, 5.41) is 13.1. The van der Waals surface area contributed by atoms with Gasteiger partial charge in [-0.1, -0.05) is 26.7 Å². The Morgan fingerprint density at radius 3 is 2.62 bits per heavy atom. The molecular formula is C31H36F2N4O2. The molecule has 1 aliphatic carbocycles. The molecule has 3 aromatic rings. The molecule has 0 bridgehead atoms. The normalized spacial score (nSPS) is 16.3. The number of alkyl halides is 2. The number of pyridine rings is 1. The Morgan fingerprint density at radius 2 is 1.95 bits per heavy atom. The van der Waals surface area contributed by atoms with Gasteiger partial charge in [0.25, 0.3) is 5.91 Å². The summed E-state index contributed by atoms with van der Waals surface area (Å²) >= 11 is 0. The van der Waals surface area contributed by atoms with Crippen molar-refractivity contribution in [3.05, 3.63) is 59.5 Å². The summed E-state index contributed by atoms with van der Waals surface area (Å²) in [7, 11) is 2.01. The first-order chi connectivity index (χ1) is 18.6. The number of nitrogens with zero attached hydrogens (tertiary/aromatic N) is 3. The van der Waals surface area contributed by atoms with Crippen molar-refractivity contribution in [1.82, 2.24) is 9.55 Å². The number of fused-ring (bicyclic) bond motifs is 1. The smallest absolute Gasteiger partial charge is 0.274 e. The van der Waals surface area contributed by atoms with Crippen LogP contribution in [0.1, 0.15) is 92.7 Å². The van der Waals surface area contributed by atoms with Crippen LogP contribution in [-0.2, 0) is 11.8 Å². The standard InChI is InChI=1S/C31H36F2N4O2/c1-4-6-22(8-7-20(5-2)14-29(38)23-16-31(32,33)17-23)26-19-37(3)28-10-9-24(15-25(26)28)36-30(39)27-13-21(18-34)11-12-35-27/h9-13,15,19-20,22-23H,4-8,14,16-17H2,1-3H3,(H,36,39). The molecule has 1 amide bonds. The fourth-order valence-corrected chi connectivity index (χ4v) is 5.68. The van der Waals surface area contributed by atoms with E-state index >= 15 is 0 Å². The maximum Gasteiger partial charge on any atom is 0.274 e. The van der Waals surface area contributed by atoms with Gasteiger partial charge in [0.2, 0.25) is 5.92 Å². The fourth-order valence-electron chi connectivity index (χ4n) is 5.68. The van der Waals surface area contributed by atoms with Crippen LogP contribution < -0.4 is 5.32 Å². The topological polar surface area (TPSA) is 87.8 Å². The molecule has 1 N–H and O–H groups in total. The molecule has 2 unspecified atom stereocenters. The predicted molar refractivity (Wildman–Crippen MR) is 148 cm³/mol. The number of halogens is 2. The van der Waals surface area contributed by atoms with Crippen molar-refractivity contribution < 1.29 is 18.4 Å². The van der Waals surface area contributed by atoms with Crippen LogP contribution in [0.2, 0.25) is 0 Å². The average molecular weight is 535 g/mol. The monoisotopic (exact) mass is 534 g/mol. The van der Waals surface area contributed by atoms with Crippen molar-refractivity contribution in [2.24, 2.45) is 18.9 Å². The van der Waals surface area contributed by atoms with Gasteiger partial charge in [0.05, 0.1) is 11.6 Å². The molecule has 2 atom stereocenters. The highest BCUT2D eigenvalue weighted by molar-refractivity contribution is 6.04. The first-order valence-corrected chi connectivity index (χ1v) is 13.8. The van der Waals surface area contributed by atoms with Gasteiger partial charge in [0.15, 0.2) is 0 Å². The van der Waals surface area contributed by atoms with E-state index in [1.807, 2.05) is 31.3 Å². The van der Waals surface area contributed by atoms with Gasteiger partial charge in [-0.2, -0.15) is 5.26 Å². The largest absolute Gasteiger partial charge is 0.350 e. The minimum atomic E-state index is -2.67. The molecular weight excluding hydrogens is 498 g/mol. The van der Waals surface area contributed by atoms with Gasteiger partial charge in [-0.3, -0.25) is 14.6 Å². The van der Waals surface area contributed by atoms with Crippen LogP contribution in [-0.4, -0.2) is 27.2 Å². The number of aryl methyl sites for hydroxylation is 1. The van der Waals surface area contributed by atoms with Gasteiger partial charge >= 0.3 is 0 Å². The maximum atomic E-state index is 13.2. The van der Waals surface area contributed by atoms with Gasteiger partial charge in [0, 0.05) is 61.2 Å². The lowest BCUT2D eigenvalue weighted by molar-refractivity contribution is -0.149. The second-order valence-electron chi connectivity index (χ2n) is 10.9. The lowest BCUT2D eigenvalue weighted by Gasteiger charge is -2.34. The number of amides is 1. The summed E-state index contributed by atoms with van der Waals surface area (Å²) in [6, 6.07) is 10.9.